The molecule has 0 spiro atoms. The lowest BCUT2D eigenvalue weighted by Gasteiger charge is -2.17. The Labute approximate surface area is 468 Å². The van der Waals surface area contributed by atoms with Crippen LogP contribution in [-0.4, -0.2) is 8.80 Å². The standard InChI is InChI=1S/C78H44N2O2/c1-3-19-45(20-4-1)49-27-15-29-51(53-31-17-37-67-71(53)59-25-9-13-35-65(59)81-67)69(49)47-39-41-57-63(43-47)79-61-33-11-7-23-55(61)74-76-58-42-40-48(44-64(58)80-62-34-12-8-24-56(62)73(78(76)80)75(57)77(74)79)70-50(46-21-5-2-6-22-46)28-16-30-52(70)54-32-18-38-68-72(54)60-26-10-14-36-66(60)82-68/h1-44H. The fourth-order valence-corrected chi connectivity index (χ4v) is 14.8. The van der Waals surface area contributed by atoms with Gasteiger partial charge in [-0.25, -0.2) is 0 Å². The van der Waals surface area contributed by atoms with Crippen LogP contribution in [0.25, 0.3) is 187 Å². The highest BCUT2D eigenvalue weighted by atomic mass is 16.3. The first-order chi connectivity index (χ1) is 40.7. The monoisotopic (exact) mass is 1040 g/mol. The molecule has 0 bridgehead atoms. The van der Waals surface area contributed by atoms with Crippen molar-refractivity contribution in [3.63, 3.8) is 0 Å². The third-order valence-corrected chi connectivity index (χ3v) is 18.0. The molecular formula is C78H44N2O2. The summed E-state index contributed by atoms with van der Waals surface area (Å²) in [5.41, 5.74) is 24.9. The second-order valence-electron chi connectivity index (χ2n) is 22.1. The number of furan rings is 2. The highest BCUT2D eigenvalue weighted by Crippen LogP contribution is 2.54. The van der Waals surface area contributed by atoms with Crippen molar-refractivity contribution in [1.29, 1.82) is 0 Å². The Balaban J connectivity index is 0.911. The van der Waals surface area contributed by atoms with E-state index in [1.54, 1.807) is 0 Å². The van der Waals surface area contributed by atoms with Crippen LogP contribution in [0, 0.1) is 0 Å². The van der Waals surface area contributed by atoms with Gasteiger partial charge in [-0.05, 0) is 115 Å². The summed E-state index contributed by atoms with van der Waals surface area (Å²) in [7, 11) is 0. The van der Waals surface area contributed by atoms with E-state index in [1.165, 1.54) is 121 Å². The third-order valence-electron chi connectivity index (χ3n) is 18.0. The van der Waals surface area contributed by atoms with Gasteiger partial charge < -0.3 is 17.6 Å². The lowest BCUT2D eigenvalue weighted by Crippen LogP contribution is -1.92. The Bertz CT molecular complexity index is 5510. The van der Waals surface area contributed by atoms with Gasteiger partial charge in [0.2, 0.25) is 0 Å². The van der Waals surface area contributed by atoms with E-state index in [0.717, 1.165) is 66.1 Å². The minimum Gasteiger partial charge on any atom is -0.456 e. The van der Waals surface area contributed by atoms with Gasteiger partial charge in [-0.15, -0.1) is 0 Å². The quantitative estimate of drug-likeness (QED) is 0.166. The van der Waals surface area contributed by atoms with Crippen molar-refractivity contribution in [2.45, 2.75) is 0 Å². The maximum atomic E-state index is 6.52. The van der Waals surface area contributed by atoms with Crippen LogP contribution in [0.4, 0.5) is 0 Å². The first-order valence-corrected chi connectivity index (χ1v) is 28.2. The summed E-state index contributed by atoms with van der Waals surface area (Å²) >= 11 is 0. The van der Waals surface area contributed by atoms with Gasteiger partial charge in [0, 0.05) is 64.6 Å². The molecule has 0 aliphatic rings. The molecule has 4 heteroatoms. The number of nitrogens with zero attached hydrogens (tertiary/aromatic N) is 2. The molecule has 19 aromatic rings. The molecule has 0 unspecified atom stereocenters. The molecule has 0 fully saturated rings. The molecule has 0 N–H and O–H groups in total. The Morgan fingerprint density at radius 2 is 0.549 bits per heavy atom. The van der Waals surface area contributed by atoms with Gasteiger partial charge in [0.15, 0.2) is 0 Å². The Morgan fingerprint density at radius 1 is 0.207 bits per heavy atom. The predicted octanol–water partition coefficient (Wildman–Crippen LogP) is 21.8. The van der Waals surface area contributed by atoms with Crippen LogP contribution in [0.5, 0.6) is 0 Å². The Hall–Kier alpha value is -10.9. The Kier molecular flexibility index (Phi) is 8.76. The van der Waals surface area contributed by atoms with Gasteiger partial charge in [-0.2, -0.15) is 0 Å². The van der Waals surface area contributed by atoms with Crippen LogP contribution < -0.4 is 0 Å². The molecule has 378 valence electrons. The average Bonchev–Trinajstić information content (AvgIpc) is 1.57. The van der Waals surface area contributed by atoms with E-state index in [9.17, 15) is 0 Å². The molecule has 0 aliphatic heterocycles. The summed E-state index contributed by atoms with van der Waals surface area (Å²) in [5, 5.41) is 14.6. The number of aromatic nitrogens is 2. The van der Waals surface area contributed by atoms with Gasteiger partial charge in [0.1, 0.15) is 22.3 Å². The van der Waals surface area contributed by atoms with Crippen molar-refractivity contribution in [2.24, 2.45) is 0 Å². The van der Waals surface area contributed by atoms with E-state index in [0.29, 0.717) is 0 Å². The van der Waals surface area contributed by atoms with Crippen LogP contribution >= 0.6 is 0 Å². The van der Waals surface area contributed by atoms with Crippen LogP contribution in [-0.2, 0) is 0 Å². The van der Waals surface area contributed by atoms with Crippen molar-refractivity contribution in [1.82, 2.24) is 8.80 Å². The predicted molar refractivity (Wildman–Crippen MR) is 343 cm³/mol. The number of benzene rings is 13. The number of fused-ring (bicyclic) bond motifs is 20. The molecule has 0 atom stereocenters. The number of rotatable bonds is 6. The first kappa shape index (κ1) is 44.0. The van der Waals surface area contributed by atoms with Gasteiger partial charge in [-0.3, -0.25) is 0 Å². The molecule has 13 aromatic carbocycles. The van der Waals surface area contributed by atoms with E-state index in [-0.39, 0.29) is 0 Å². The summed E-state index contributed by atoms with van der Waals surface area (Å²) in [6.45, 7) is 0. The molecule has 4 nitrogen and oxygen atoms in total. The van der Waals surface area contributed by atoms with Crippen LogP contribution in [0.3, 0.4) is 0 Å². The molecular weight excluding hydrogens is 997 g/mol. The third kappa shape index (κ3) is 5.79. The maximum Gasteiger partial charge on any atom is 0.136 e. The van der Waals surface area contributed by atoms with Crippen LogP contribution in [0.1, 0.15) is 0 Å². The lowest BCUT2D eigenvalue weighted by molar-refractivity contribution is 0.668. The van der Waals surface area contributed by atoms with Gasteiger partial charge in [-0.1, -0.05) is 218 Å². The second-order valence-corrected chi connectivity index (χ2v) is 22.1. The van der Waals surface area contributed by atoms with Crippen molar-refractivity contribution >= 4 is 120 Å². The van der Waals surface area contributed by atoms with Crippen molar-refractivity contribution < 1.29 is 8.83 Å². The highest BCUT2D eigenvalue weighted by Gasteiger charge is 2.30. The normalized spacial score (nSPS) is 12.4. The van der Waals surface area contributed by atoms with E-state index in [2.05, 4.69) is 276 Å². The second kappa shape index (κ2) is 16.3. The van der Waals surface area contributed by atoms with Crippen molar-refractivity contribution in [3.05, 3.63) is 267 Å². The van der Waals surface area contributed by atoms with Crippen LogP contribution in [0.2, 0.25) is 0 Å². The largest absolute Gasteiger partial charge is 0.456 e. The molecule has 0 radical (unpaired) electrons. The fraction of sp³-hybridized carbons (Fsp3) is 0. The van der Waals surface area contributed by atoms with E-state index < -0.39 is 0 Å². The van der Waals surface area contributed by atoms with Crippen molar-refractivity contribution in [2.75, 3.05) is 0 Å². The molecule has 0 aliphatic carbocycles. The zero-order chi connectivity index (χ0) is 53.3. The first-order valence-electron chi connectivity index (χ1n) is 28.2. The smallest absolute Gasteiger partial charge is 0.136 e. The van der Waals surface area contributed by atoms with E-state index >= 15 is 0 Å². The summed E-state index contributed by atoms with van der Waals surface area (Å²) < 4.78 is 18.2. The number of hydrogen-bond donors (Lipinski definition) is 0. The lowest BCUT2D eigenvalue weighted by atomic mass is 9.86. The number of para-hydroxylation sites is 4. The van der Waals surface area contributed by atoms with Gasteiger partial charge in [0.25, 0.3) is 0 Å². The topological polar surface area (TPSA) is 35.1 Å². The summed E-state index contributed by atoms with van der Waals surface area (Å²) in [6.07, 6.45) is 0. The summed E-state index contributed by atoms with van der Waals surface area (Å²) in [5.74, 6) is 0. The molecule has 0 saturated heterocycles. The van der Waals surface area contributed by atoms with Gasteiger partial charge >= 0.3 is 0 Å². The zero-order valence-electron chi connectivity index (χ0n) is 44.1. The summed E-state index contributed by atoms with van der Waals surface area (Å²) in [6, 6.07) is 97.9. The minimum absolute atomic E-state index is 0.887. The maximum absolute atomic E-state index is 6.52. The molecule has 6 heterocycles. The van der Waals surface area contributed by atoms with E-state index in [4.69, 9.17) is 8.83 Å². The molecule has 0 saturated carbocycles. The molecule has 6 aromatic heterocycles. The SMILES string of the molecule is c1ccc(-c2cccc(-c3cccc4oc5ccccc5c34)c2-c2ccc3c4c5c6ccccc6n6c7cc(-c8c(-c9ccccc9)cccc8-c8cccc9oc%10ccccc%10c89)ccc7c(c7c8ccccc8n(c3c2)c74)c56)cc1. The van der Waals surface area contributed by atoms with Gasteiger partial charge in [0.05, 0.1) is 33.1 Å². The Morgan fingerprint density at radius 3 is 1.00 bits per heavy atom. The zero-order valence-corrected chi connectivity index (χ0v) is 44.1. The average molecular weight is 1040 g/mol. The minimum atomic E-state index is 0.887. The van der Waals surface area contributed by atoms with E-state index in [1.807, 2.05) is 0 Å². The van der Waals surface area contributed by atoms with Crippen molar-refractivity contribution in [3.8, 4) is 66.8 Å². The highest BCUT2D eigenvalue weighted by molar-refractivity contribution is 6.45. The molecule has 19 rings (SSSR count). The summed E-state index contributed by atoms with van der Waals surface area (Å²) in [4.78, 5) is 0. The molecule has 0 amide bonds. The van der Waals surface area contributed by atoms with Crippen LogP contribution in [0.15, 0.2) is 276 Å². The fourth-order valence-electron chi connectivity index (χ4n) is 14.8. The molecule has 82 heavy (non-hydrogen) atoms. The number of hydrogen-bond acceptors (Lipinski definition) is 2.